The first-order chi connectivity index (χ1) is 7.09. The molecular formula is C10H15NO4. The van der Waals surface area contributed by atoms with Gasteiger partial charge in [-0.1, -0.05) is 12.8 Å². The van der Waals surface area contributed by atoms with Gasteiger partial charge in [0.1, 0.15) is 0 Å². The van der Waals surface area contributed by atoms with Crippen LogP contribution >= 0.6 is 0 Å². The van der Waals surface area contributed by atoms with Gasteiger partial charge in [0.2, 0.25) is 5.91 Å². The summed E-state index contributed by atoms with van der Waals surface area (Å²) in [5.74, 6) is -1.63. The number of carbonyl (C=O) groups excluding carboxylic acids is 1. The zero-order valence-corrected chi connectivity index (χ0v) is 8.35. The molecule has 84 valence electrons. The van der Waals surface area contributed by atoms with Crippen molar-refractivity contribution in [1.82, 2.24) is 5.32 Å². The lowest BCUT2D eigenvalue weighted by atomic mass is 9.92. The molecule has 0 aromatic rings. The maximum Gasteiger partial charge on any atom is 0.328 e. The van der Waals surface area contributed by atoms with Crippen molar-refractivity contribution in [1.29, 1.82) is 0 Å². The van der Waals surface area contributed by atoms with Gasteiger partial charge in [-0.25, -0.2) is 4.79 Å². The maximum atomic E-state index is 11.2. The summed E-state index contributed by atoms with van der Waals surface area (Å²) in [4.78, 5) is 21.3. The Labute approximate surface area is 87.8 Å². The second kappa shape index (κ2) is 5.50. The summed E-state index contributed by atoms with van der Waals surface area (Å²) in [5, 5.41) is 20.4. The Morgan fingerprint density at radius 2 is 1.87 bits per heavy atom. The molecule has 5 nitrogen and oxygen atoms in total. The van der Waals surface area contributed by atoms with Gasteiger partial charge in [-0.2, -0.15) is 0 Å². The van der Waals surface area contributed by atoms with Gasteiger partial charge < -0.3 is 15.5 Å². The van der Waals surface area contributed by atoms with Crippen LogP contribution in [0.3, 0.4) is 0 Å². The van der Waals surface area contributed by atoms with Gasteiger partial charge in [0.25, 0.3) is 0 Å². The Morgan fingerprint density at radius 1 is 1.20 bits per heavy atom. The van der Waals surface area contributed by atoms with Crippen LogP contribution in [0.4, 0.5) is 0 Å². The van der Waals surface area contributed by atoms with Crippen LogP contribution in [0.25, 0.3) is 0 Å². The summed E-state index contributed by atoms with van der Waals surface area (Å²) < 4.78 is 0. The molecule has 0 heterocycles. The molecule has 15 heavy (non-hydrogen) atoms. The van der Waals surface area contributed by atoms with Gasteiger partial charge in [0, 0.05) is 12.2 Å². The monoisotopic (exact) mass is 213 g/mol. The molecule has 1 saturated carbocycles. The molecule has 5 heteroatoms. The Morgan fingerprint density at radius 3 is 2.47 bits per heavy atom. The van der Waals surface area contributed by atoms with Gasteiger partial charge in [-0.3, -0.25) is 4.79 Å². The molecule has 0 unspecified atom stereocenters. The quantitative estimate of drug-likeness (QED) is 0.578. The van der Waals surface area contributed by atoms with Gasteiger partial charge in [0.15, 0.2) is 0 Å². The fourth-order valence-corrected chi connectivity index (χ4v) is 1.66. The number of aliphatic carboxylic acids is 1. The van der Waals surface area contributed by atoms with Crippen LogP contribution in [0.2, 0.25) is 0 Å². The van der Waals surface area contributed by atoms with Crippen LogP contribution in [-0.4, -0.2) is 34.2 Å². The number of carboxylic acid groups (broad SMARTS) is 1. The van der Waals surface area contributed by atoms with Crippen LogP contribution in [0.5, 0.6) is 0 Å². The number of hydrogen-bond donors (Lipinski definition) is 3. The van der Waals surface area contributed by atoms with Gasteiger partial charge in [-0.05, 0) is 12.8 Å². The molecule has 0 radical (unpaired) electrons. The zero-order valence-electron chi connectivity index (χ0n) is 8.35. The molecule has 0 bridgehead atoms. The standard InChI is InChI=1S/C10H15NO4/c12-8-4-2-1-3-7(8)11-9(13)5-6-10(14)15/h5-8,12H,1-4H2,(H,11,13)(H,14,15)/b6-5+/t7-,8-/m0/s1. The van der Waals surface area contributed by atoms with Crippen molar-refractivity contribution in [3.8, 4) is 0 Å². The van der Waals surface area contributed by atoms with E-state index in [4.69, 9.17) is 5.11 Å². The minimum absolute atomic E-state index is 0.246. The third-order valence-electron chi connectivity index (χ3n) is 2.43. The minimum Gasteiger partial charge on any atom is -0.478 e. The van der Waals surface area contributed by atoms with E-state index in [1.165, 1.54) is 0 Å². The molecule has 0 saturated heterocycles. The summed E-state index contributed by atoms with van der Waals surface area (Å²) >= 11 is 0. The number of aliphatic hydroxyl groups excluding tert-OH is 1. The second-order valence-corrected chi connectivity index (χ2v) is 3.64. The number of nitrogens with one attached hydrogen (secondary N) is 1. The third kappa shape index (κ3) is 4.12. The number of hydrogen-bond acceptors (Lipinski definition) is 3. The Balaban J connectivity index is 2.39. The predicted octanol–water partition coefficient (Wildman–Crippen LogP) is 0.0469. The van der Waals surface area contributed by atoms with E-state index >= 15 is 0 Å². The highest BCUT2D eigenvalue weighted by Gasteiger charge is 2.23. The lowest BCUT2D eigenvalue weighted by molar-refractivity contribution is -0.131. The molecule has 1 amide bonds. The van der Waals surface area contributed by atoms with Crippen molar-refractivity contribution in [3.63, 3.8) is 0 Å². The Kier molecular flexibility index (Phi) is 4.30. The van der Waals surface area contributed by atoms with E-state index in [-0.39, 0.29) is 6.04 Å². The average Bonchev–Trinajstić information content (AvgIpc) is 2.18. The van der Waals surface area contributed by atoms with Crippen LogP contribution in [0.1, 0.15) is 25.7 Å². The van der Waals surface area contributed by atoms with Gasteiger partial charge in [-0.15, -0.1) is 0 Å². The Hall–Kier alpha value is -1.36. The van der Waals surface area contributed by atoms with Crippen molar-refractivity contribution in [2.75, 3.05) is 0 Å². The number of aliphatic hydroxyl groups is 1. The van der Waals surface area contributed by atoms with Crippen molar-refractivity contribution in [2.45, 2.75) is 37.8 Å². The topological polar surface area (TPSA) is 86.6 Å². The smallest absolute Gasteiger partial charge is 0.328 e. The number of amides is 1. The van der Waals surface area contributed by atoms with Gasteiger partial charge >= 0.3 is 5.97 Å². The Bertz CT molecular complexity index is 275. The van der Waals surface area contributed by atoms with Crippen molar-refractivity contribution in [3.05, 3.63) is 12.2 Å². The maximum absolute atomic E-state index is 11.2. The van der Waals surface area contributed by atoms with Crippen LogP contribution < -0.4 is 5.32 Å². The first kappa shape index (κ1) is 11.7. The van der Waals surface area contributed by atoms with Gasteiger partial charge in [0.05, 0.1) is 12.1 Å². The highest BCUT2D eigenvalue weighted by Crippen LogP contribution is 2.18. The molecule has 1 aliphatic rings. The second-order valence-electron chi connectivity index (χ2n) is 3.64. The molecular weight excluding hydrogens is 198 g/mol. The van der Waals surface area contributed by atoms with Crippen LogP contribution in [-0.2, 0) is 9.59 Å². The summed E-state index contributed by atoms with van der Waals surface area (Å²) in [5.41, 5.74) is 0. The summed E-state index contributed by atoms with van der Waals surface area (Å²) in [6, 6.07) is -0.246. The highest BCUT2D eigenvalue weighted by atomic mass is 16.4. The van der Waals surface area contributed by atoms with Crippen molar-refractivity contribution in [2.24, 2.45) is 0 Å². The molecule has 3 N–H and O–H groups in total. The van der Waals surface area contributed by atoms with Crippen LogP contribution in [0.15, 0.2) is 12.2 Å². The molecule has 1 fully saturated rings. The summed E-state index contributed by atoms with van der Waals surface area (Å²) in [6.07, 6.45) is 4.61. The summed E-state index contributed by atoms with van der Waals surface area (Å²) in [6.45, 7) is 0. The number of carbonyl (C=O) groups is 2. The largest absolute Gasteiger partial charge is 0.478 e. The molecule has 1 aliphatic carbocycles. The van der Waals surface area contributed by atoms with E-state index in [0.29, 0.717) is 6.42 Å². The van der Waals surface area contributed by atoms with E-state index in [0.717, 1.165) is 31.4 Å². The SMILES string of the molecule is O=C(O)/C=C/C(=O)N[C@H]1CCCC[C@@H]1O. The fraction of sp³-hybridized carbons (Fsp3) is 0.600. The first-order valence-electron chi connectivity index (χ1n) is 4.99. The zero-order chi connectivity index (χ0) is 11.3. The first-order valence-corrected chi connectivity index (χ1v) is 4.99. The van der Waals surface area contributed by atoms with Crippen LogP contribution in [0, 0.1) is 0 Å². The highest BCUT2D eigenvalue weighted by molar-refractivity contribution is 5.94. The minimum atomic E-state index is -1.16. The summed E-state index contributed by atoms with van der Waals surface area (Å²) in [7, 11) is 0. The van der Waals surface area contributed by atoms with E-state index in [9.17, 15) is 14.7 Å². The third-order valence-corrected chi connectivity index (χ3v) is 2.43. The lowest BCUT2D eigenvalue weighted by Crippen LogP contribution is -2.44. The molecule has 1 rings (SSSR count). The molecule has 0 aliphatic heterocycles. The van der Waals surface area contributed by atoms with Crippen molar-refractivity contribution < 1.29 is 19.8 Å². The average molecular weight is 213 g/mol. The molecule has 0 aromatic heterocycles. The number of carboxylic acids is 1. The van der Waals surface area contributed by atoms with Crippen molar-refractivity contribution >= 4 is 11.9 Å². The fourth-order valence-electron chi connectivity index (χ4n) is 1.66. The van der Waals surface area contributed by atoms with E-state index in [2.05, 4.69) is 5.32 Å². The molecule has 0 spiro atoms. The normalized spacial score (nSPS) is 26.5. The number of rotatable bonds is 3. The molecule has 2 atom stereocenters. The lowest BCUT2D eigenvalue weighted by Gasteiger charge is -2.27. The molecule has 0 aromatic carbocycles. The predicted molar refractivity (Wildman–Crippen MR) is 53.2 cm³/mol. The van der Waals surface area contributed by atoms with E-state index in [1.54, 1.807) is 0 Å². The van der Waals surface area contributed by atoms with E-state index in [1.807, 2.05) is 0 Å². The van der Waals surface area contributed by atoms with E-state index < -0.39 is 18.0 Å².